The molecule has 0 aliphatic carbocycles. The quantitative estimate of drug-likeness (QED) is 0.642. The SMILES string of the molecule is CCCC(CC)c1ccccc1C. The maximum absolute atomic E-state index is 2.28. The summed E-state index contributed by atoms with van der Waals surface area (Å²) >= 11 is 0. The van der Waals surface area contributed by atoms with E-state index in [9.17, 15) is 0 Å². The summed E-state index contributed by atoms with van der Waals surface area (Å²) in [6, 6.07) is 8.77. The van der Waals surface area contributed by atoms with Crippen LogP contribution in [-0.2, 0) is 0 Å². The Kier molecular flexibility index (Phi) is 4.01. The lowest BCUT2D eigenvalue weighted by molar-refractivity contribution is 0.593. The van der Waals surface area contributed by atoms with Crippen LogP contribution in [0.3, 0.4) is 0 Å². The second-order valence-corrected chi connectivity index (χ2v) is 3.75. The summed E-state index contributed by atoms with van der Waals surface area (Å²) in [6.45, 7) is 6.77. The summed E-state index contributed by atoms with van der Waals surface area (Å²) in [4.78, 5) is 0. The summed E-state index contributed by atoms with van der Waals surface area (Å²) in [5, 5.41) is 0. The summed E-state index contributed by atoms with van der Waals surface area (Å²) in [5.41, 5.74) is 3.00. The molecule has 0 nitrogen and oxygen atoms in total. The van der Waals surface area contributed by atoms with E-state index in [1.807, 2.05) is 0 Å². The Morgan fingerprint density at radius 2 is 1.85 bits per heavy atom. The fraction of sp³-hybridized carbons (Fsp3) is 0.538. The molecule has 0 saturated heterocycles. The Bertz CT molecular complexity index is 250. The van der Waals surface area contributed by atoms with Crippen molar-refractivity contribution >= 4 is 0 Å². The fourth-order valence-electron chi connectivity index (χ4n) is 1.97. The third kappa shape index (κ3) is 2.58. The smallest absolute Gasteiger partial charge is 0.0162 e. The normalized spacial score (nSPS) is 12.8. The Hall–Kier alpha value is -0.780. The van der Waals surface area contributed by atoms with Gasteiger partial charge in [0.15, 0.2) is 0 Å². The summed E-state index contributed by atoms with van der Waals surface area (Å²) < 4.78 is 0. The van der Waals surface area contributed by atoms with Crippen LogP contribution in [0.15, 0.2) is 24.3 Å². The van der Waals surface area contributed by atoms with Crippen molar-refractivity contribution < 1.29 is 0 Å². The number of hydrogen-bond acceptors (Lipinski definition) is 0. The standard InChI is InChI=1S/C13H20/c1-4-8-12(5-2)13-10-7-6-9-11(13)3/h6-7,9-10,12H,4-5,8H2,1-3H3. The van der Waals surface area contributed by atoms with Gasteiger partial charge in [0, 0.05) is 0 Å². The van der Waals surface area contributed by atoms with Crippen molar-refractivity contribution in [2.24, 2.45) is 0 Å². The summed E-state index contributed by atoms with van der Waals surface area (Å²) in [7, 11) is 0. The minimum absolute atomic E-state index is 0.770. The summed E-state index contributed by atoms with van der Waals surface area (Å²) in [5.74, 6) is 0.770. The molecule has 72 valence electrons. The van der Waals surface area contributed by atoms with Crippen molar-refractivity contribution in [3.8, 4) is 0 Å². The van der Waals surface area contributed by atoms with Crippen LogP contribution in [0.1, 0.15) is 50.2 Å². The molecule has 0 heteroatoms. The van der Waals surface area contributed by atoms with Gasteiger partial charge in [-0.1, -0.05) is 44.5 Å². The van der Waals surface area contributed by atoms with Crippen molar-refractivity contribution in [2.45, 2.75) is 46.0 Å². The Balaban J connectivity index is 2.84. The highest BCUT2D eigenvalue weighted by Gasteiger charge is 2.09. The molecule has 1 rings (SSSR count). The minimum atomic E-state index is 0.770. The van der Waals surface area contributed by atoms with Gasteiger partial charge in [-0.2, -0.15) is 0 Å². The Labute approximate surface area is 82.0 Å². The van der Waals surface area contributed by atoms with Gasteiger partial charge in [0.2, 0.25) is 0 Å². The monoisotopic (exact) mass is 176 g/mol. The molecule has 13 heavy (non-hydrogen) atoms. The first kappa shape index (κ1) is 10.3. The molecule has 0 saturated carbocycles. The molecule has 1 aromatic rings. The van der Waals surface area contributed by atoms with Gasteiger partial charge in [0.1, 0.15) is 0 Å². The van der Waals surface area contributed by atoms with E-state index in [2.05, 4.69) is 45.0 Å². The molecule has 0 bridgehead atoms. The van der Waals surface area contributed by atoms with E-state index in [4.69, 9.17) is 0 Å². The molecule has 0 N–H and O–H groups in total. The van der Waals surface area contributed by atoms with E-state index < -0.39 is 0 Å². The zero-order valence-electron chi connectivity index (χ0n) is 9.01. The fourth-order valence-corrected chi connectivity index (χ4v) is 1.97. The molecule has 0 fully saturated rings. The highest BCUT2D eigenvalue weighted by Crippen LogP contribution is 2.26. The topological polar surface area (TPSA) is 0 Å². The lowest BCUT2D eigenvalue weighted by atomic mass is 9.89. The molecule has 1 atom stereocenters. The molecule has 0 aromatic heterocycles. The third-order valence-electron chi connectivity index (χ3n) is 2.76. The molecule has 1 aromatic carbocycles. The summed E-state index contributed by atoms with van der Waals surface area (Å²) in [6.07, 6.45) is 3.87. The lowest BCUT2D eigenvalue weighted by Gasteiger charge is -2.16. The predicted octanol–water partition coefficient (Wildman–Crippen LogP) is 4.29. The maximum atomic E-state index is 2.28. The number of hydrogen-bond donors (Lipinski definition) is 0. The zero-order chi connectivity index (χ0) is 9.68. The van der Waals surface area contributed by atoms with Crippen LogP contribution in [0, 0.1) is 6.92 Å². The highest BCUT2D eigenvalue weighted by atomic mass is 14.1. The van der Waals surface area contributed by atoms with Gasteiger partial charge >= 0.3 is 0 Å². The molecule has 0 radical (unpaired) electrons. The Morgan fingerprint density at radius 3 is 2.38 bits per heavy atom. The van der Waals surface area contributed by atoms with E-state index in [1.54, 1.807) is 5.56 Å². The highest BCUT2D eigenvalue weighted by molar-refractivity contribution is 5.28. The van der Waals surface area contributed by atoms with Crippen LogP contribution in [0.4, 0.5) is 0 Å². The third-order valence-corrected chi connectivity index (χ3v) is 2.76. The first-order chi connectivity index (χ1) is 6.29. The van der Waals surface area contributed by atoms with Gasteiger partial charge in [-0.05, 0) is 36.8 Å². The first-order valence-corrected chi connectivity index (χ1v) is 5.35. The van der Waals surface area contributed by atoms with Crippen molar-refractivity contribution in [2.75, 3.05) is 0 Å². The van der Waals surface area contributed by atoms with Gasteiger partial charge in [-0.3, -0.25) is 0 Å². The number of benzene rings is 1. The molecule has 0 heterocycles. The van der Waals surface area contributed by atoms with Gasteiger partial charge in [-0.25, -0.2) is 0 Å². The largest absolute Gasteiger partial charge is 0.0654 e. The first-order valence-electron chi connectivity index (χ1n) is 5.35. The molecule has 1 unspecified atom stereocenters. The average molecular weight is 176 g/mol. The van der Waals surface area contributed by atoms with Crippen molar-refractivity contribution in [1.82, 2.24) is 0 Å². The van der Waals surface area contributed by atoms with Gasteiger partial charge in [0.25, 0.3) is 0 Å². The van der Waals surface area contributed by atoms with Crippen LogP contribution in [0.2, 0.25) is 0 Å². The van der Waals surface area contributed by atoms with Crippen LogP contribution >= 0.6 is 0 Å². The lowest BCUT2D eigenvalue weighted by Crippen LogP contribution is -1.98. The second kappa shape index (κ2) is 5.06. The van der Waals surface area contributed by atoms with Gasteiger partial charge in [-0.15, -0.1) is 0 Å². The van der Waals surface area contributed by atoms with Crippen LogP contribution in [-0.4, -0.2) is 0 Å². The average Bonchev–Trinajstić information content (AvgIpc) is 2.16. The Morgan fingerprint density at radius 1 is 1.15 bits per heavy atom. The molecule has 0 spiro atoms. The molecule has 0 aliphatic heterocycles. The van der Waals surface area contributed by atoms with Gasteiger partial charge in [0.05, 0.1) is 0 Å². The molecular formula is C13H20. The van der Waals surface area contributed by atoms with E-state index in [1.165, 1.54) is 24.8 Å². The second-order valence-electron chi connectivity index (χ2n) is 3.75. The van der Waals surface area contributed by atoms with E-state index in [-0.39, 0.29) is 0 Å². The van der Waals surface area contributed by atoms with Crippen LogP contribution in [0.25, 0.3) is 0 Å². The number of rotatable bonds is 4. The number of aryl methyl sites for hydroxylation is 1. The van der Waals surface area contributed by atoms with Crippen molar-refractivity contribution in [3.63, 3.8) is 0 Å². The van der Waals surface area contributed by atoms with E-state index >= 15 is 0 Å². The van der Waals surface area contributed by atoms with E-state index in [0.717, 1.165) is 5.92 Å². The minimum Gasteiger partial charge on any atom is -0.0654 e. The van der Waals surface area contributed by atoms with Crippen molar-refractivity contribution in [1.29, 1.82) is 0 Å². The molecule has 0 aliphatic rings. The molecular weight excluding hydrogens is 156 g/mol. The van der Waals surface area contributed by atoms with Crippen LogP contribution in [0.5, 0.6) is 0 Å². The predicted molar refractivity (Wildman–Crippen MR) is 59.1 cm³/mol. The molecule has 0 amide bonds. The zero-order valence-corrected chi connectivity index (χ0v) is 9.01. The van der Waals surface area contributed by atoms with E-state index in [0.29, 0.717) is 0 Å². The van der Waals surface area contributed by atoms with Crippen LogP contribution < -0.4 is 0 Å². The van der Waals surface area contributed by atoms with Gasteiger partial charge < -0.3 is 0 Å². The maximum Gasteiger partial charge on any atom is -0.0162 e. The van der Waals surface area contributed by atoms with Crippen molar-refractivity contribution in [3.05, 3.63) is 35.4 Å².